The van der Waals surface area contributed by atoms with E-state index in [0.29, 0.717) is 6.54 Å². The van der Waals surface area contributed by atoms with Crippen molar-refractivity contribution in [3.8, 4) is 0 Å². The maximum Gasteiger partial charge on any atom is 0.319 e. The second-order valence-corrected chi connectivity index (χ2v) is 3.61. The second kappa shape index (κ2) is 5.51. The van der Waals surface area contributed by atoms with Crippen LogP contribution in [0, 0.1) is 13.8 Å². The molecule has 1 N–H and O–H groups in total. The first-order valence-corrected chi connectivity index (χ1v) is 4.97. The van der Waals surface area contributed by atoms with Crippen LogP contribution in [0.3, 0.4) is 0 Å². The number of hydrogen-bond donors (Lipinski definition) is 1. The number of aryl methyl sites for hydroxylation is 2. The van der Waals surface area contributed by atoms with Crippen molar-refractivity contribution in [2.45, 2.75) is 20.4 Å². The molecule has 0 unspecified atom stereocenters. The minimum Gasteiger partial charge on any atom is -0.468 e. The van der Waals surface area contributed by atoms with E-state index >= 15 is 0 Å². The Morgan fingerprint density at radius 2 is 2.13 bits per heavy atom. The Kier molecular flexibility index (Phi) is 4.31. The van der Waals surface area contributed by atoms with Gasteiger partial charge in [0, 0.05) is 6.54 Å². The third-order valence-corrected chi connectivity index (χ3v) is 2.32. The third-order valence-electron chi connectivity index (χ3n) is 2.32. The lowest BCUT2D eigenvalue weighted by atomic mass is 10.1. The van der Waals surface area contributed by atoms with Crippen molar-refractivity contribution in [3.05, 3.63) is 34.9 Å². The van der Waals surface area contributed by atoms with E-state index in [2.05, 4.69) is 42.1 Å². The van der Waals surface area contributed by atoms with Crippen LogP contribution in [-0.2, 0) is 16.1 Å². The number of carbonyl (C=O) groups is 1. The number of nitrogens with one attached hydrogen (secondary N) is 1. The first-order valence-electron chi connectivity index (χ1n) is 4.97. The number of esters is 1. The molecule has 0 aliphatic carbocycles. The Labute approximate surface area is 90.4 Å². The number of ether oxygens (including phenoxy) is 1. The standard InChI is InChI=1S/C12H17NO2/c1-9-4-5-10(2)11(6-9)7-13-8-12(14)15-3/h4-6,13H,7-8H2,1-3H3. The molecule has 3 nitrogen and oxygen atoms in total. The molecule has 0 heterocycles. The van der Waals surface area contributed by atoms with Gasteiger partial charge in [-0.3, -0.25) is 4.79 Å². The van der Waals surface area contributed by atoms with Gasteiger partial charge in [-0.1, -0.05) is 23.8 Å². The SMILES string of the molecule is COC(=O)CNCc1cc(C)ccc1C. The second-order valence-electron chi connectivity index (χ2n) is 3.61. The summed E-state index contributed by atoms with van der Waals surface area (Å²) in [6.45, 7) is 5.07. The van der Waals surface area contributed by atoms with E-state index in [-0.39, 0.29) is 12.5 Å². The average molecular weight is 207 g/mol. The highest BCUT2D eigenvalue weighted by atomic mass is 16.5. The molecule has 0 aliphatic rings. The lowest BCUT2D eigenvalue weighted by Crippen LogP contribution is -2.23. The molecule has 0 aliphatic heterocycles. The first-order chi connectivity index (χ1) is 7.13. The Bertz CT molecular complexity index is 347. The smallest absolute Gasteiger partial charge is 0.319 e. The summed E-state index contributed by atoms with van der Waals surface area (Å²) < 4.78 is 4.54. The van der Waals surface area contributed by atoms with Gasteiger partial charge in [-0.15, -0.1) is 0 Å². The van der Waals surface area contributed by atoms with E-state index < -0.39 is 0 Å². The highest BCUT2D eigenvalue weighted by Crippen LogP contribution is 2.09. The van der Waals surface area contributed by atoms with Crippen molar-refractivity contribution in [3.63, 3.8) is 0 Å². The van der Waals surface area contributed by atoms with Crippen LogP contribution in [0.25, 0.3) is 0 Å². The molecule has 0 atom stereocenters. The first kappa shape index (κ1) is 11.7. The summed E-state index contributed by atoms with van der Waals surface area (Å²) in [6.07, 6.45) is 0. The predicted molar refractivity (Wildman–Crippen MR) is 59.6 cm³/mol. The maximum absolute atomic E-state index is 10.9. The summed E-state index contributed by atoms with van der Waals surface area (Å²) in [5.74, 6) is -0.236. The molecular formula is C12H17NO2. The largest absolute Gasteiger partial charge is 0.468 e. The fraction of sp³-hybridized carbons (Fsp3) is 0.417. The molecule has 15 heavy (non-hydrogen) atoms. The Morgan fingerprint density at radius 1 is 1.40 bits per heavy atom. The molecule has 1 rings (SSSR count). The van der Waals surface area contributed by atoms with Gasteiger partial charge in [0.1, 0.15) is 0 Å². The summed E-state index contributed by atoms with van der Waals surface area (Å²) in [5.41, 5.74) is 3.69. The molecule has 0 bridgehead atoms. The summed E-state index contributed by atoms with van der Waals surface area (Å²) in [4.78, 5) is 10.9. The molecular weight excluding hydrogens is 190 g/mol. The molecule has 0 aromatic heterocycles. The highest BCUT2D eigenvalue weighted by molar-refractivity contribution is 5.71. The van der Waals surface area contributed by atoms with Crippen molar-refractivity contribution < 1.29 is 9.53 Å². The number of hydrogen-bond acceptors (Lipinski definition) is 3. The Hall–Kier alpha value is -1.35. The Balaban J connectivity index is 2.50. The molecule has 1 aromatic rings. The summed E-state index contributed by atoms with van der Waals surface area (Å²) in [5, 5.41) is 3.05. The molecule has 0 saturated carbocycles. The topological polar surface area (TPSA) is 38.3 Å². The van der Waals surface area contributed by atoms with Gasteiger partial charge in [0.15, 0.2) is 0 Å². The van der Waals surface area contributed by atoms with Gasteiger partial charge in [-0.05, 0) is 25.0 Å². The zero-order valence-corrected chi connectivity index (χ0v) is 9.46. The van der Waals surface area contributed by atoms with Gasteiger partial charge >= 0.3 is 5.97 Å². The van der Waals surface area contributed by atoms with Crippen LogP contribution in [-0.4, -0.2) is 19.6 Å². The quantitative estimate of drug-likeness (QED) is 0.761. The fourth-order valence-corrected chi connectivity index (χ4v) is 1.36. The van der Waals surface area contributed by atoms with Gasteiger partial charge in [0.2, 0.25) is 0 Å². The van der Waals surface area contributed by atoms with Crippen LogP contribution in [0.5, 0.6) is 0 Å². The summed E-state index contributed by atoms with van der Waals surface area (Å²) >= 11 is 0. The van der Waals surface area contributed by atoms with E-state index in [1.807, 2.05) is 0 Å². The molecule has 0 spiro atoms. The normalized spacial score (nSPS) is 10.1. The van der Waals surface area contributed by atoms with E-state index in [4.69, 9.17) is 0 Å². The van der Waals surface area contributed by atoms with Gasteiger partial charge in [-0.2, -0.15) is 0 Å². The minimum atomic E-state index is -0.236. The summed E-state index contributed by atoms with van der Waals surface area (Å²) in [7, 11) is 1.39. The lowest BCUT2D eigenvalue weighted by molar-refractivity contribution is -0.139. The number of rotatable bonds is 4. The average Bonchev–Trinajstić information content (AvgIpc) is 2.23. The molecule has 1 aromatic carbocycles. The van der Waals surface area contributed by atoms with Gasteiger partial charge in [0.05, 0.1) is 13.7 Å². The van der Waals surface area contributed by atoms with Crippen LogP contribution in [0.2, 0.25) is 0 Å². The van der Waals surface area contributed by atoms with Crippen molar-refractivity contribution in [1.82, 2.24) is 5.32 Å². The van der Waals surface area contributed by atoms with Gasteiger partial charge in [0.25, 0.3) is 0 Å². The highest BCUT2D eigenvalue weighted by Gasteiger charge is 2.01. The molecule has 0 saturated heterocycles. The molecule has 3 heteroatoms. The summed E-state index contributed by atoms with van der Waals surface area (Å²) in [6, 6.07) is 6.29. The predicted octanol–water partition coefficient (Wildman–Crippen LogP) is 1.57. The van der Waals surface area contributed by atoms with E-state index in [1.54, 1.807) is 0 Å². The molecule has 0 radical (unpaired) electrons. The van der Waals surface area contributed by atoms with E-state index in [9.17, 15) is 4.79 Å². The van der Waals surface area contributed by atoms with Crippen LogP contribution in [0.15, 0.2) is 18.2 Å². The number of methoxy groups -OCH3 is 1. The lowest BCUT2D eigenvalue weighted by Gasteiger charge is -2.07. The number of benzene rings is 1. The van der Waals surface area contributed by atoms with Crippen molar-refractivity contribution >= 4 is 5.97 Å². The maximum atomic E-state index is 10.9. The Morgan fingerprint density at radius 3 is 2.80 bits per heavy atom. The third kappa shape index (κ3) is 3.72. The zero-order chi connectivity index (χ0) is 11.3. The van der Waals surface area contributed by atoms with Crippen molar-refractivity contribution in [2.24, 2.45) is 0 Å². The molecule has 82 valence electrons. The van der Waals surface area contributed by atoms with Crippen LogP contribution < -0.4 is 5.32 Å². The minimum absolute atomic E-state index is 0.236. The van der Waals surface area contributed by atoms with Gasteiger partial charge in [-0.25, -0.2) is 0 Å². The van der Waals surface area contributed by atoms with Crippen LogP contribution in [0.4, 0.5) is 0 Å². The van der Waals surface area contributed by atoms with Crippen molar-refractivity contribution in [2.75, 3.05) is 13.7 Å². The zero-order valence-electron chi connectivity index (χ0n) is 9.46. The van der Waals surface area contributed by atoms with E-state index in [0.717, 1.165) is 0 Å². The fourth-order valence-electron chi connectivity index (χ4n) is 1.36. The van der Waals surface area contributed by atoms with E-state index in [1.165, 1.54) is 23.8 Å². The van der Waals surface area contributed by atoms with Crippen LogP contribution in [0.1, 0.15) is 16.7 Å². The molecule has 0 amide bonds. The monoisotopic (exact) mass is 207 g/mol. The van der Waals surface area contributed by atoms with Gasteiger partial charge < -0.3 is 10.1 Å². The van der Waals surface area contributed by atoms with Crippen molar-refractivity contribution in [1.29, 1.82) is 0 Å². The number of carbonyl (C=O) groups excluding carboxylic acids is 1. The molecule has 0 fully saturated rings. The van der Waals surface area contributed by atoms with Crippen LogP contribution >= 0.6 is 0 Å².